The first-order chi connectivity index (χ1) is 4.18. The molecule has 0 radical (unpaired) electrons. The van der Waals surface area contributed by atoms with Crippen LogP contribution in [0.2, 0.25) is 0 Å². The Morgan fingerprint density at radius 3 is 2.44 bits per heavy atom. The minimum absolute atomic E-state index is 0.0490. The van der Waals surface area contributed by atoms with E-state index in [1.165, 1.54) is 0 Å². The monoisotopic (exact) mass is 148 g/mol. The molecule has 0 aromatic heterocycles. The van der Waals surface area contributed by atoms with Gasteiger partial charge < -0.3 is 9.87 Å². The molecule has 0 aliphatic heterocycles. The third-order valence-electron chi connectivity index (χ3n) is 1.78. The molecule has 1 aliphatic carbocycles. The third kappa shape index (κ3) is 1.74. The average molecular weight is 148 g/mol. The molecule has 0 aromatic rings. The van der Waals surface area contributed by atoms with Gasteiger partial charge in [-0.1, -0.05) is 11.1 Å². The summed E-state index contributed by atoms with van der Waals surface area (Å²) in [4.78, 5) is 0. The summed E-state index contributed by atoms with van der Waals surface area (Å²) in [7, 11) is 1.81. The van der Waals surface area contributed by atoms with Crippen LogP contribution >= 0.6 is 0 Å². The van der Waals surface area contributed by atoms with Gasteiger partial charge in [0.2, 0.25) is 0 Å². The first-order valence-corrected chi connectivity index (χ1v) is 4.18. The summed E-state index contributed by atoms with van der Waals surface area (Å²) < 4.78 is 20.3. The van der Waals surface area contributed by atoms with Crippen LogP contribution in [0.5, 0.6) is 0 Å². The molecule has 0 saturated heterocycles. The molecule has 1 rings (SSSR count). The highest BCUT2D eigenvalue weighted by Crippen LogP contribution is 2.35. The summed E-state index contributed by atoms with van der Waals surface area (Å²) in [5, 5.41) is 2.99. The smallest absolute Gasteiger partial charge is 0.0284 e. The molecule has 1 unspecified atom stereocenters. The first kappa shape index (κ1) is 7.18. The second-order valence-corrected chi connectivity index (χ2v) is 3.37. The SMILES string of the molecule is CNC1(CS(=O)[O-])CC1. The zero-order valence-electron chi connectivity index (χ0n) is 5.35. The molecule has 0 heterocycles. The van der Waals surface area contributed by atoms with Gasteiger partial charge in [-0.25, -0.2) is 0 Å². The molecule has 1 fully saturated rings. The Balaban J connectivity index is 2.33. The van der Waals surface area contributed by atoms with Gasteiger partial charge in [-0.15, -0.1) is 0 Å². The minimum atomic E-state index is -1.88. The van der Waals surface area contributed by atoms with Gasteiger partial charge in [-0.05, 0) is 19.9 Å². The predicted molar refractivity (Wildman–Crippen MR) is 34.8 cm³/mol. The highest BCUT2D eigenvalue weighted by atomic mass is 32.2. The van der Waals surface area contributed by atoms with Gasteiger partial charge >= 0.3 is 0 Å². The summed E-state index contributed by atoms with van der Waals surface area (Å²) in [5.41, 5.74) is -0.0490. The Morgan fingerprint density at radius 2 is 2.33 bits per heavy atom. The molecule has 0 bridgehead atoms. The van der Waals surface area contributed by atoms with Crippen molar-refractivity contribution in [3.05, 3.63) is 0 Å². The fourth-order valence-corrected chi connectivity index (χ4v) is 1.73. The molecule has 0 spiro atoms. The van der Waals surface area contributed by atoms with Crippen LogP contribution in [0, 0.1) is 0 Å². The van der Waals surface area contributed by atoms with Crippen molar-refractivity contribution in [1.29, 1.82) is 0 Å². The Kier molecular flexibility index (Phi) is 1.88. The van der Waals surface area contributed by atoms with E-state index in [4.69, 9.17) is 0 Å². The maximum Gasteiger partial charge on any atom is 0.0284 e. The van der Waals surface area contributed by atoms with Crippen LogP contribution in [-0.2, 0) is 11.1 Å². The molecule has 0 amide bonds. The van der Waals surface area contributed by atoms with Crippen molar-refractivity contribution >= 4 is 11.1 Å². The van der Waals surface area contributed by atoms with E-state index in [-0.39, 0.29) is 11.3 Å². The van der Waals surface area contributed by atoms with Crippen LogP contribution in [0.3, 0.4) is 0 Å². The number of nitrogens with one attached hydrogen (secondary N) is 1. The van der Waals surface area contributed by atoms with Crippen molar-refractivity contribution in [2.75, 3.05) is 12.8 Å². The highest BCUT2D eigenvalue weighted by molar-refractivity contribution is 7.79. The maximum absolute atomic E-state index is 10.2. The number of rotatable bonds is 3. The second kappa shape index (κ2) is 2.36. The molecule has 1 atom stereocenters. The van der Waals surface area contributed by atoms with Crippen molar-refractivity contribution in [1.82, 2.24) is 5.32 Å². The van der Waals surface area contributed by atoms with Gasteiger partial charge in [0.25, 0.3) is 0 Å². The Bertz CT molecular complexity index is 133. The van der Waals surface area contributed by atoms with Crippen LogP contribution in [0.15, 0.2) is 0 Å². The molecule has 1 N–H and O–H groups in total. The summed E-state index contributed by atoms with van der Waals surface area (Å²) in [6.07, 6.45) is 2.00. The summed E-state index contributed by atoms with van der Waals surface area (Å²) in [5.74, 6) is 0.267. The highest BCUT2D eigenvalue weighted by Gasteiger charge is 2.40. The zero-order chi connectivity index (χ0) is 6.91. The van der Waals surface area contributed by atoms with Crippen LogP contribution in [0.1, 0.15) is 12.8 Å². The van der Waals surface area contributed by atoms with Gasteiger partial charge in [0.05, 0.1) is 0 Å². The standard InChI is InChI=1S/C5H11NO2S/c1-6-5(2-3-5)4-9(7)8/h6H,2-4H2,1H3,(H,7,8)/p-1. The van der Waals surface area contributed by atoms with Gasteiger partial charge in [0, 0.05) is 11.3 Å². The molecular formula is C5H10NO2S-. The van der Waals surface area contributed by atoms with Crippen LogP contribution in [0.25, 0.3) is 0 Å². The van der Waals surface area contributed by atoms with E-state index >= 15 is 0 Å². The summed E-state index contributed by atoms with van der Waals surface area (Å²) in [6, 6.07) is 0. The Hall–Kier alpha value is 0.0700. The van der Waals surface area contributed by atoms with E-state index in [9.17, 15) is 8.76 Å². The van der Waals surface area contributed by atoms with E-state index in [0.717, 1.165) is 12.8 Å². The maximum atomic E-state index is 10.2. The largest absolute Gasteiger partial charge is 0.772 e. The molecule has 54 valence electrons. The van der Waals surface area contributed by atoms with Crippen LogP contribution < -0.4 is 5.32 Å². The third-order valence-corrected chi connectivity index (χ3v) is 2.57. The van der Waals surface area contributed by atoms with E-state index < -0.39 is 11.1 Å². The van der Waals surface area contributed by atoms with Gasteiger partial charge in [-0.2, -0.15) is 0 Å². The van der Waals surface area contributed by atoms with Crippen molar-refractivity contribution in [3.63, 3.8) is 0 Å². The summed E-state index contributed by atoms with van der Waals surface area (Å²) >= 11 is -1.88. The number of hydrogen-bond acceptors (Lipinski definition) is 3. The van der Waals surface area contributed by atoms with Crippen molar-refractivity contribution < 1.29 is 8.76 Å². The minimum Gasteiger partial charge on any atom is -0.772 e. The lowest BCUT2D eigenvalue weighted by atomic mass is 10.3. The first-order valence-electron chi connectivity index (χ1n) is 2.93. The fourth-order valence-electron chi connectivity index (χ4n) is 0.843. The van der Waals surface area contributed by atoms with E-state index in [0.29, 0.717) is 0 Å². The lowest BCUT2D eigenvalue weighted by Crippen LogP contribution is -2.33. The van der Waals surface area contributed by atoms with Crippen LogP contribution in [-0.4, -0.2) is 27.1 Å². The Morgan fingerprint density at radius 1 is 1.78 bits per heavy atom. The predicted octanol–water partition coefficient (Wildman–Crippen LogP) is -0.383. The van der Waals surface area contributed by atoms with Crippen molar-refractivity contribution in [2.45, 2.75) is 18.4 Å². The van der Waals surface area contributed by atoms with Gasteiger partial charge in [0.1, 0.15) is 0 Å². The van der Waals surface area contributed by atoms with E-state index in [1.54, 1.807) is 7.05 Å². The van der Waals surface area contributed by atoms with Crippen molar-refractivity contribution in [2.24, 2.45) is 0 Å². The topological polar surface area (TPSA) is 52.2 Å². The number of hydrogen-bond donors (Lipinski definition) is 1. The Labute approximate surface area is 57.1 Å². The molecular weight excluding hydrogens is 138 g/mol. The lowest BCUT2D eigenvalue weighted by Gasteiger charge is -2.14. The summed E-state index contributed by atoms with van der Waals surface area (Å²) in [6.45, 7) is 0. The molecule has 0 aromatic carbocycles. The van der Waals surface area contributed by atoms with Crippen molar-refractivity contribution in [3.8, 4) is 0 Å². The zero-order valence-corrected chi connectivity index (χ0v) is 6.16. The normalized spacial score (nSPS) is 25.6. The second-order valence-electron chi connectivity index (χ2n) is 2.48. The van der Waals surface area contributed by atoms with E-state index in [2.05, 4.69) is 5.32 Å². The van der Waals surface area contributed by atoms with Gasteiger partial charge in [-0.3, -0.25) is 4.21 Å². The molecule has 1 saturated carbocycles. The lowest BCUT2D eigenvalue weighted by molar-refractivity contribution is 0.515. The molecule has 4 heteroatoms. The quantitative estimate of drug-likeness (QED) is 0.555. The molecule has 9 heavy (non-hydrogen) atoms. The van der Waals surface area contributed by atoms with Crippen LogP contribution in [0.4, 0.5) is 0 Å². The fraction of sp³-hybridized carbons (Fsp3) is 1.00. The van der Waals surface area contributed by atoms with E-state index in [1.807, 2.05) is 0 Å². The average Bonchev–Trinajstić information content (AvgIpc) is 2.48. The van der Waals surface area contributed by atoms with Gasteiger partial charge in [0.15, 0.2) is 0 Å². The molecule has 3 nitrogen and oxygen atoms in total. The molecule has 1 aliphatic rings.